The molecule has 204 valence electrons. The van der Waals surface area contributed by atoms with Crippen molar-refractivity contribution in [3.05, 3.63) is 77.9 Å². The van der Waals surface area contributed by atoms with Gasteiger partial charge in [0.2, 0.25) is 10.0 Å². The van der Waals surface area contributed by atoms with E-state index in [0.717, 1.165) is 36.3 Å². The van der Waals surface area contributed by atoms with Crippen molar-refractivity contribution in [2.45, 2.75) is 63.1 Å². The van der Waals surface area contributed by atoms with E-state index in [1.807, 2.05) is 54.6 Å². The SMILES string of the molecule is CCCCC1(CC)CN(c2ccccc2)c2cc(OC)c(CO)cc2S(=O)(=O)N1Cc1ccc(OC)cc1. The largest absolute Gasteiger partial charge is 0.497 e. The first-order valence-corrected chi connectivity index (χ1v) is 14.6. The number of ether oxygens (including phenoxy) is 2. The number of para-hydroxylation sites is 1. The van der Waals surface area contributed by atoms with Crippen LogP contribution in [0.3, 0.4) is 0 Å². The molecule has 0 aliphatic carbocycles. The number of unbranched alkanes of at least 4 members (excludes halogenated alkanes) is 1. The van der Waals surface area contributed by atoms with Crippen molar-refractivity contribution >= 4 is 21.4 Å². The van der Waals surface area contributed by atoms with E-state index in [-0.39, 0.29) is 18.0 Å². The second kappa shape index (κ2) is 11.8. The van der Waals surface area contributed by atoms with Gasteiger partial charge in [-0.1, -0.05) is 57.0 Å². The molecule has 1 aliphatic heterocycles. The summed E-state index contributed by atoms with van der Waals surface area (Å²) in [5, 5.41) is 10.1. The van der Waals surface area contributed by atoms with Crippen LogP contribution in [0.5, 0.6) is 11.5 Å². The van der Waals surface area contributed by atoms with Gasteiger partial charge < -0.3 is 19.5 Å². The van der Waals surface area contributed by atoms with E-state index in [9.17, 15) is 13.5 Å². The van der Waals surface area contributed by atoms with Gasteiger partial charge in [-0.3, -0.25) is 0 Å². The number of sulfonamides is 1. The van der Waals surface area contributed by atoms with E-state index in [2.05, 4.69) is 18.7 Å². The lowest BCUT2D eigenvalue weighted by Crippen LogP contribution is -2.54. The number of fused-ring (bicyclic) bond motifs is 1. The number of anilines is 2. The summed E-state index contributed by atoms with van der Waals surface area (Å²) >= 11 is 0. The molecule has 1 atom stereocenters. The topological polar surface area (TPSA) is 79.3 Å². The lowest BCUT2D eigenvalue weighted by Gasteiger charge is -2.43. The summed E-state index contributed by atoms with van der Waals surface area (Å²) in [4.78, 5) is 2.27. The van der Waals surface area contributed by atoms with Gasteiger partial charge in [-0.25, -0.2) is 8.42 Å². The van der Waals surface area contributed by atoms with Crippen LogP contribution in [0.2, 0.25) is 0 Å². The Kier molecular flexibility index (Phi) is 8.65. The Balaban J connectivity index is 1.99. The zero-order valence-corrected chi connectivity index (χ0v) is 23.5. The highest BCUT2D eigenvalue weighted by Gasteiger charge is 2.48. The van der Waals surface area contributed by atoms with E-state index in [1.54, 1.807) is 23.5 Å². The van der Waals surface area contributed by atoms with Crippen molar-refractivity contribution < 1.29 is 23.0 Å². The summed E-state index contributed by atoms with van der Waals surface area (Å²) in [7, 11) is -0.839. The number of aliphatic hydroxyl groups is 1. The summed E-state index contributed by atoms with van der Waals surface area (Å²) in [6, 6.07) is 20.8. The number of benzene rings is 3. The van der Waals surface area contributed by atoms with E-state index in [0.29, 0.717) is 30.0 Å². The maximum absolute atomic E-state index is 14.7. The van der Waals surface area contributed by atoms with Gasteiger partial charge in [0, 0.05) is 30.4 Å². The zero-order valence-electron chi connectivity index (χ0n) is 22.7. The molecule has 1 heterocycles. The predicted octanol–water partition coefficient (Wildman–Crippen LogP) is 5.88. The molecule has 0 fully saturated rings. The fourth-order valence-corrected chi connectivity index (χ4v) is 7.39. The van der Waals surface area contributed by atoms with Crippen molar-refractivity contribution in [2.75, 3.05) is 25.7 Å². The van der Waals surface area contributed by atoms with Gasteiger partial charge in [-0.05, 0) is 48.7 Å². The van der Waals surface area contributed by atoms with Crippen molar-refractivity contribution in [3.63, 3.8) is 0 Å². The molecule has 0 amide bonds. The number of nitrogens with zero attached hydrogens (tertiary/aromatic N) is 2. The van der Waals surface area contributed by atoms with Crippen LogP contribution in [0.1, 0.15) is 50.7 Å². The highest BCUT2D eigenvalue weighted by Crippen LogP contribution is 2.46. The summed E-state index contributed by atoms with van der Waals surface area (Å²) in [6.45, 7) is 4.59. The highest BCUT2D eigenvalue weighted by atomic mass is 32.2. The van der Waals surface area contributed by atoms with Crippen LogP contribution in [0.15, 0.2) is 71.6 Å². The first kappa shape index (κ1) is 28.0. The average Bonchev–Trinajstić information content (AvgIpc) is 3.03. The van der Waals surface area contributed by atoms with Crippen molar-refractivity contribution in [3.8, 4) is 11.5 Å². The molecule has 0 spiro atoms. The van der Waals surface area contributed by atoms with E-state index >= 15 is 0 Å². The Morgan fingerprint density at radius 2 is 1.68 bits per heavy atom. The van der Waals surface area contributed by atoms with E-state index in [4.69, 9.17) is 9.47 Å². The van der Waals surface area contributed by atoms with Crippen molar-refractivity contribution in [2.24, 2.45) is 0 Å². The Bertz CT molecular complexity index is 1330. The fourth-order valence-electron chi connectivity index (χ4n) is 5.32. The summed E-state index contributed by atoms with van der Waals surface area (Å²) in [6.07, 6.45) is 3.21. The molecule has 0 bridgehead atoms. The third kappa shape index (κ3) is 5.25. The Morgan fingerprint density at radius 3 is 2.26 bits per heavy atom. The molecule has 8 heteroatoms. The molecule has 1 N–H and O–H groups in total. The molecule has 0 radical (unpaired) electrons. The van der Waals surface area contributed by atoms with Gasteiger partial charge in [-0.15, -0.1) is 0 Å². The van der Waals surface area contributed by atoms with Crippen molar-refractivity contribution in [1.82, 2.24) is 4.31 Å². The summed E-state index contributed by atoms with van der Waals surface area (Å²) < 4.78 is 42.0. The van der Waals surface area contributed by atoms with Crippen LogP contribution in [0.4, 0.5) is 11.4 Å². The molecular weight excluding hydrogens is 500 g/mol. The molecule has 0 aromatic heterocycles. The quantitative estimate of drug-likeness (QED) is 0.347. The fraction of sp³-hybridized carbons (Fsp3) is 0.400. The molecular formula is C30H38N2O5S. The molecule has 0 saturated heterocycles. The lowest BCUT2D eigenvalue weighted by atomic mass is 9.88. The summed E-state index contributed by atoms with van der Waals surface area (Å²) in [5.74, 6) is 1.18. The monoisotopic (exact) mass is 538 g/mol. The maximum atomic E-state index is 14.7. The number of aliphatic hydroxyl groups excluding tert-OH is 1. The van der Waals surface area contributed by atoms with Crippen LogP contribution in [-0.4, -0.2) is 44.1 Å². The first-order valence-electron chi connectivity index (χ1n) is 13.1. The molecule has 3 aromatic carbocycles. The van der Waals surface area contributed by atoms with E-state index in [1.165, 1.54) is 7.11 Å². The van der Waals surface area contributed by atoms with Crippen LogP contribution < -0.4 is 14.4 Å². The minimum Gasteiger partial charge on any atom is -0.497 e. The first-order chi connectivity index (χ1) is 18.3. The van der Waals surface area contributed by atoms with Gasteiger partial charge in [0.1, 0.15) is 16.4 Å². The maximum Gasteiger partial charge on any atom is 0.246 e. The molecule has 4 rings (SSSR count). The Morgan fingerprint density at radius 1 is 0.974 bits per heavy atom. The molecule has 1 aliphatic rings. The standard InChI is InChI=1S/C30H38N2O5S/c1-5-7-17-30(6-2)22-31(25-11-9-8-10-12-25)27-19-28(37-4)24(21-33)18-29(27)38(34,35)32(30)20-23-13-15-26(36-3)16-14-23/h8-16,18-19,33H,5-7,17,20-22H2,1-4H3. The average molecular weight is 539 g/mol. The minimum absolute atomic E-state index is 0.173. The number of hydrogen-bond donors (Lipinski definition) is 1. The van der Waals surface area contributed by atoms with Crippen LogP contribution in [0.25, 0.3) is 0 Å². The van der Waals surface area contributed by atoms with Crippen molar-refractivity contribution in [1.29, 1.82) is 0 Å². The molecule has 7 nitrogen and oxygen atoms in total. The van der Waals surface area contributed by atoms with Gasteiger partial charge >= 0.3 is 0 Å². The predicted molar refractivity (Wildman–Crippen MR) is 151 cm³/mol. The molecule has 38 heavy (non-hydrogen) atoms. The zero-order chi connectivity index (χ0) is 27.3. The molecule has 0 saturated carbocycles. The Hall–Kier alpha value is -3.07. The van der Waals surface area contributed by atoms with Gasteiger partial charge in [0.15, 0.2) is 0 Å². The van der Waals surface area contributed by atoms with Gasteiger partial charge in [-0.2, -0.15) is 4.31 Å². The van der Waals surface area contributed by atoms with Crippen LogP contribution in [-0.2, 0) is 23.2 Å². The summed E-state index contributed by atoms with van der Waals surface area (Å²) in [5.41, 5.74) is 2.11. The molecule has 1 unspecified atom stereocenters. The third-order valence-corrected chi connectivity index (χ3v) is 9.56. The van der Waals surface area contributed by atoms with Gasteiger partial charge in [0.05, 0.1) is 32.1 Å². The number of hydrogen-bond acceptors (Lipinski definition) is 6. The number of methoxy groups -OCH3 is 2. The second-order valence-corrected chi connectivity index (χ2v) is 11.6. The number of rotatable bonds is 10. The van der Waals surface area contributed by atoms with Crippen LogP contribution >= 0.6 is 0 Å². The van der Waals surface area contributed by atoms with E-state index < -0.39 is 15.6 Å². The normalized spacial score (nSPS) is 19.0. The third-order valence-electron chi connectivity index (χ3n) is 7.58. The highest BCUT2D eigenvalue weighted by molar-refractivity contribution is 7.89. The van der Waals surface area contributed by atoms with Crippen LogP contribution in [0, 0.1) is 0 Å². The molecule has 3 aromatic rings. The van der Waals surface area contributed by atoms with Gasteiger partial charge in [0.25, 0.3) is 0 Å². The Labute approximate surface area is 226 Å². The lowest BCUT2D eigenvalue weighted by molar-refractivity contribution is 0.163. The second-order valence-electron chi connectivity index (χ2n) is 9.75. The minimum atomic E-state index is -3.99. The smallest absolute Gasteiger partial charge is 0.246 e.